The highest BCUT2D eigenvalue weighted by atomic mass is 19.1. The molecule has 0 radical (unpaired) electrons. The number of aliphatic imine (C=N–C) groups is 1. The average molecular weight is 213 g/mol. The zero-order chi connectivity index (χ0) is 11.0. The van der Waals surface area contributed by atoms with E-state index < -0.39 is 0 Å². The van der Waals surface area contributed by atoms with Crippen LogP contribution in [0.1, 0.15) is 5.56 Å². The standard InChI is InChI=1S/C13H8FNO/c14-10-6-5-9-8-15-11-3-1-2-4-12(11)16-13(9)7-10/h1-8H. The normalized spacial score (nSPS) is 12.3. The van der Waals surface area contributed by atoms with Gasteiger partial charge in [-0.05, 0) is 24.3 Å². The Labute approximate surface area is 92.0 Å². The molecule has 1 heterocycles. The third-order valence-corrected chi connectivity index (χ3v) is 2.40. The van der Waals surface area contributed by atoms with Crippen molar-refractivity contribution in [1.82, 2.24) is 0 Å². The number of hydrogen-bond acceptors (Lipinski definition) is 2. The van der Waals surface area contributed by atoms with Gasteiger partial charge in [0.2, 0.25) is 0 Å². The Balaban J connectivity index is 2.18. The van der Waals surface area contributed by atoms with Gasteiger partial charge in [-0.2, -0.15) is 0 Å². The molecule has 16 heavy (non-hydrogen) atoms. The first-order valence-corrected chi connectivity index (χ1v) is 4.93. The van der Waals surface area contributed by atoms with Crippen molar-refractivity contribution >= 4 is 11.9 Å². The molecule has 0 amide bonds. The van der Waals surface area contributed by atoms with Gasteiger partial charge in [-0.3, -0.25) is 4.99 Å². The lowest BCUT2D eigenvalue weighted by atomic mass is 10.2. The Morgan fingerprint density at radius 3 is 2.81 bits per heavy atom. The van der Waals surface area contributed by atoms with Crippen LogP contribution in [0, 0.1) is 5.82 Å². The largest absolute Gasteiger partial charge is 0.454 e. The maximum Gasteiger partial charge on any atom is 0.153 e. The number of nitrogens with zero attached hydrogens (tertiary/aromatic N) is 1. The predicted octanol–water partition coefficient (Wildman–Crippen LogP) is 3.68. The van der Waals surface area contributed by atoms with E-state index in [1.165, 1.54) is 12.1 Å². The van der Waals surface area contributed by atoms with Gasteiger partial charge in [-0.25, -0.2) is 4.39 Å². The van der Waals surface area contributed by atoms with Crippen LogP contribution in [0.5, 0.6) is 11.5 Å². The maximum absolute atomic E-state index is 13.1. The zero-order valence-electron chi connectivity index (χ0n) is 8.35. The fraction of sp³-hybridized carbons (Fsp3) is 0. The molecule has 0 aromatic heterocycles. The molecular weight excluding hydrogens is 205 g/mol. The topological polar surface area (TPSA) is 21.6 Å². The molecule has 0 saturated heterocycles. The van der Waals surface area contributed by atoms with Gasteiger partial charge in [0.1, 0.15) is 17.3 Å². The van der Waals surface area contributed by atoms with Crippen LogP contribution < -0.4 is 4.74 Å². The fourth-order valence-corrected chi connectivity index (χ4v) is 1.61. The van der Waals surface area contributed by atoms with E-state index >= 15 is 0 Å². The van der Waals surface area contributed by atoms with Crippen molar-refractivity contribution in [2.45, 2.75) is 0 Å². The minimum atomic E-state index is -0.313. The molecule has 0 bridgehead atoms. The molecular formula is C13H8FNO. The lowest BCUT2D eigenvalue weighted by molar-refractivity contribution is 0.479. The molecule has 0 spiro atoms. The van der Waals surface area contributed by atoms with E-state index in [4.69, 9.17) is 4.74 Å². The van der Waals surface area contributed by atoms with E-state index in [1.807, 2.05) is 24.3 Å². The molecule has 0 atom stereocenters. The molecule has 0 fully saturated rings. The minimum absolute atomic E-state index is 0.313. The molecule has 0 N–H and O–H groups in total. The van der Waals surface area contributed by atoms with E-state index in [0.717, 1.165) is 11.3 Å². The van der Waals surface area contributed by atoms with Gasteiger partial charge in [0.05, 0.1) is 0 Å². The Hall–Kier alpha value is -2.16. The summed E-state index contributed by atoms with van der Waals surface area (Å²) < 4.78 is 18.7. The Kier molecular flexibility index (Phi) is 1.96. The highest BCUT2D eigenvalue weighted by Crippen LogP contribution is 2.35. The van der Waals surface area contributed by atoms with Gasteiger partial charge in [-0.15, -0.1) is 0 Å². The summed E-state index contributed by atoms with van der Waals surface area (Å²) in [5, 5.41) is 0. The van der Waals surface area contributed by atoms with Gasteiger partial charge in [0, 0.05) is 17.8 Å². The van der Waals surface area contributed by atoms with Gasteiger partial charge in [0.15, 0.2) is 5.75 Å². The number of para-hydroxylation sites is 2. The number of hydrogen-bond donors (Lipinski definition) is 0. The van der Waals surface area contributed by atoms with Gasteiger partial charge in [0.25, 0.3) is 0 Å². The smallest absolute Gasteiger partial charge is 0.153 e. The van der Waals surface area contributed by atoms with Crippen LogP contribution in [-0.4, -0.2) is 6.21 Å². The molecule has 78 valence electrons. The number of fused-ring (bicyclic) bond motifs is 2. The highest BCUT2D eigenvalue weighted by molar-refractivity contribution is 5.87. The van der Waals surface area contributed by atoms with Crippen molar-refractivity contribution in [2.24, 2.45) is 4.99 Å². The van der Waals surface area contributed by atoms with Crippen LogP contribution in [-0.2, 0) is 0 Å². The summed E-state index contributed by atoms with van der Waals surface area (Å²) in [4.78, 5) is 4.29. The zero-order valence-corrected chi connectivity index (χ0v) is 8.35. The van der Waals surface area contributed by atoms with Crippen LogP contribution >= 0.6 is 0 Å². The van der Waals surface area contributed by atoms with E-state index in [1.54, 1.807) is 12.3 Å². The van der Waals surface area contributed by atoms with Gasteiger partial charge >= 0.3 is 0 Å². The van der Waals surface area contributed by atoms with Crippen molar-refractivity contribution in [3.63, 3.8) is 0 Å². The summed E-state index contributed by atoms with van der Waals surface area (Å²) in [5.74, 6) is 0.823. The van der Waals surface area contributed by atoms with Crippen molar-refractivity contribution in [3.05, 3.63) is 53.8 Å². The molecule has 1 aliphatic heterocycles. The van der Waals surface area contributed by atoms with Crippen molar-refractivity contribution in [2.75, 3.05) is 0 Å². The molecule has 0 aliphatic carbocycles. The molecule has 2 aromatic carbocycles. The molecule has 2 aromatic rings. The van der Waals surface area contributed by atoms with Crippen LogP contribution in [0.2, 0.25) is 0 Å². The number of halogens is 1. The third kappa shape index (κ3) is 1.46. The van der Waals surface area contributed by atoms with Crippen LogP contribution in [0.4, 0.5) is 10.1 Å². The monoisotopic (exact) mass is 213 g/mol. The SMILES string of the molecule is Fc1ccc2c(c1)Oc1ccccc1N=C2. The summed E-state index contributed by atoms with van der Waals surface area (Å²) in [6.07, 6.45) is 1.68. The third-order valence-electron chi connectivity index (χ3n) is 2.40. The Morgan fingerprint density at radius 1 is 1.00 bits per heavy atom. The van der Waals surface area contributed by atoms with E-state index in [0.29, 0.717) is 11.5 Å². The van der Waals surface area contributed by atoms with E-state index in [2.05, 4.69) is 4.99 Å². The van der Waals surface area contributed by atoms with Crippen molar-refractivity contribution in [1.29, 1.82) is 0 Å². The first kappa shape index (κ1) is 9.09. The molecule has 0 saturated carbocycles. The second-order valence-corrected chi connectivity index (χ2v) is 3.51. The lowest BCUT2D eigenvalue weighted by Gasteiger charge is -2.07. The van der Waals surface area contributed by atoms with Crippen molar-refractivity contribution in [3.8, 4) is 11.5 Å². The summed E-state index contributed by atoms with van der Waals surface area (Å²) >= 11 is 0. The quantitative estimate of drug-likeness (QED) is 0.558. The first-order chi connectivity index (χ1) is 7.83. The first-order valence-electron chi connectivity index (χ1n) is 4.93. The summed E-state index contributed by atoms with van der Waals surface area (Å²) in [6, 6.07) is 11.8. The Bertz CT molecular complexity index is 578. The van der Waals surface area contributed by atoms with Crippen LogP contribution in [0.3, 0.4) is 0 Å². The second kappa shape index (κ2) is 3.45. The van der Waals surface area contributed by atoms with Gasteiger partial charge < -0.3 is 4.74 Å². The molecule has 2 nitrogen and oxygen atoms in total. The maximum atomic E-state index is 13.1. The van der Waals surface area contributed by atoms with Crippen LogP contribution in [0.25, 0.3) is 0 Å². The second-order valence-electron chi connectivity index (χ2n) is 3.51. The van der Waals surface area contributed by atoms with E-state index in [9.17, 15) is 4.39 Å². The molecule has 1 aliphatic rings. The summed E-state index contributed by atoms with van der Waals surface area (Å²) in [6.45, 7) is 0. The molecule has 3 heteroatoms. The number of ether oxygens (including phenoxy) is 1. The molecule has 3 rings (SSSR count). The Morgan fingerprint density at radius 2 is 1.88 bits per heavy atom. The number of rotatable bonds is 0. The van der Waals surface area contributed by atoms with E-state index in [-0.39, 0.29) is 5.82 Å². The summed E-state index contributed by atoms with van der Waals surface area (Å²) in [7, 11) is 0. The number of benzene rings is 2. The fourth-order valence-electron chi connectivity index (χ4n) is 1.61. The minimum Gasteiger partial charge on any atom is -0.454 e. The summed E-state index contributed by atoms with van der Waals surface area (Å²) in [5.41, 5.74) is 1.52. The van der Waals surface area contributed by atoms with Crippen molar-refractivity contribution < 1.29 is 9.13 Å². The average Bonchev–Trinajstić information content (AvgIpc) is 2.47. The van der Waals surface area contributed by atoms with Gasteiger partial charge in [-0.1, -0.05) is 12.1 Å². The highest BCUT2D eigenvalue weighted by Gasteiger charge is 2.11. The lowest BCUT2D eigenvalue weighted by Crippen LogP contribution is -1.89. The predicted molar refractivity (Wildman–Crippen MR) is 60.2 cm³/mol. The molecule has 0 unspecified atom stereocenters. The van der Waals surface area contributed by atoms with Crippen LogP contribution in [0.15, 0.2) is 47.5 Å².